The van der Waals surface area contributed by atoms with E-state index in [4.69, 9.17) is 14.9 Å². The predicted octanol–water partition coefficient (Wildman–Crippen LogP) is 3.30. The van der Waals surface area contributed by atoms with Gasteiger partial charge in [-0.25, -0.2) is 9.97 Å². The number of nitrogens with two attached hydrogens (primary N) is 1. The van der Waals surface area contributed by atoms with E-state index < -0.39 is 0 Å². The molecule has 0 aliphatic heterocycles. The molecule has 6 nitrogen and oxygen atoms in total. The fourth-order valence-electron chi connectivity index (χ4n) is 1.98. The molecule has 0 unspecified atom stereocenters. The summed E-state index contributed by atoms with van der Waals surface area (Å²) < 4.78 is 10.3. The molecular formula is C16H22N4O2S. The van der Waals surface area contributed by atoms with Gasteiger partial charge in [-0.15, -0.1) is 11.3 Å². The normalized spacial score (nSPS) is 10.6. The first-order chi connectivity index (χ1) is 11.3. The minimum Gasteiger partial charge on any atom is -0.461 e. The van der Waals surface area contributed by atoms with E-state index in [2.05, 4.69) is 15.3 Å². The number of hydrogen-bond acceptors (Lipinski definition) is 7. The van der Waals surface area contributed by atoms with Crippen LogP contribution in [0.3, 0.4) is 0 Å². The number of furan rings is 1. The predicted molar refractivity (Wildman–Crippen MR) is 94.5 cm³/mol. The number of hydrogen-bond donors (Lipinski definition) is 2. The van der Waals surface area contributed by atoms with Crippen LogP contribution in [0.15, 0.2) is 28.9 Å². The highest BCUT2D eigenvalue weighted by Crippen LogP contribution is 2.30. The monoisotopic (exact) mass is 334 g/mol. The summed E-state index contributed by atoms with van der Waals surface area (Å²) in [4.78, 5) is 10.9. The van der Waals surface area contributed by atoms with Crippen molar-refractivity contribution >= 4 is 27.4 Å². The second-order valence-corrected chi connectivity index (χ2v) is 5.63. The fourth-order valence-corrected chi connectivity index (χ4v) is 2.99. The molecule has 0 bridgehead atoms. The summed E-state index contributed by atoms with van der Waals surface area (Å²) in [7, 11) is 1.69. The Morgan fingerprint density at radius 2 is 2.17 bits per heavy atom. The zero-order valence-electron chi connectivity index (χ0n) is 13.6. The molecule has 0 saturated heterocycles. The average Bonchev–Trinajstić information content (AvgIpc) is 3.23. The number of anilines is 1. The first kappa shape index (κ1) is 17.4. The molecule has 3 heterocycles. The largest absolute Gasteiger partial charge is 0.461 e. The van der Waals surface area contributed by atoms with Crippen LogP contribution in [-0.2, 0) is 11.3 Å². The molecule has 0 aliphatic carbocycles. The summed E-state index contributed by atoms with van der Waals surface area (Å²) in [6.07, 6.45) is 1.60. The Balaban J connectivity index is 0.000000924. The number of nitrogen functional groups attached to an aromatic ring is 1. The van der Waals surface area contributed by atoms with Crippen LogP contribution in [0.4, 0.5) is 5.82 Å². The molecule has 0 radical (unpaired) electrons. The minimum atomic E-state index is 0.478. The molecule has 0 aliphatic rings. The van der Waals surface area contributed by atoms with Gasteiger partial charge in [-0.3, -0.25) is 0 Å². The molecule has 23 heavy (non-hydrogen) atoms. The van der Waals surface area contributed by atoms with Crippen molar-refractivity contribution in [1.82, 2.24) is 15.3 Å². The zero-order chi connectivity index (χ0) is 16.7. The number of aromatic nitrogens is 2. The molecule has 3 aromatic heterocycles. The Bertz CT molecular complexity index is 725. The molecule has 0 saturated carbocycles. The quantitative estimate of drug-likeness (QED) is 0.673. The third-order valence-electron chi connectivity index (χ3n) is 3.00. The van der Waals surface area contributed by atoms with Gasteiger partial charge in [0.05, 0.1) is 18.3 Å². The summed E-state index contributed by atoms with van der Waals surface area (Å²) in [5, 5.41) is 4.19. The summed E-state index contributed by atoms with van der Waals surface area (Å²) >= 11 is 1.60. The van der Waals surface area contributed by atoms with Gasteiger partial charge in [-0.2, -0.15) is 0 Å². The number of ether oxygens (including phenoxy) is 1. The molecule has 124 valence electrons. The van der Waals surface area contributed by atoms with Gasteiger partial charge < -0.3 is 20.2 Å². The lowest BCUT2D eigenvalue weighted by Crippen LogP contribution is -2.17. The molecule has 3 aromatic rings. The second kappa shape index (κ2) is 8.61. The Kier molecular flexibility index (Phi) is 6.52. The average molecular weight is 334 g/mol. The minimum absolute atomic E-state index is 0.478. The standard InChI is InChI=1S/C14H16N4O2S.C2H6/c1-19-6-4-16-8-9-7-10-12(15)17-13(18-14(10)21-9)11-3-2-5-20-11;1-2/h2-3,5,7,16H,4,6,8H2,1H3,(H2,15,17,18);1-2H3. The van der Waals surface area contributed by atoms with Gasteiger partial charge in [-0.1, -0.05) is 13.8 Å². The van der Waals surface area contributed by atoms with Crippen LogP contribution >= 0.6 is 11.3 Å². The summed E-state index contributed by atoms with van der Waals surface area (Å²) in [5.41, 5.74) is 6.03. The molecule has 0 fully saturated rings. The van der Waals surface area contributed by atoms with Gasteiger partial charge in [0.1, 0.15) is 10.6 Å². The highest BCUT2D eigenvalue weighted by Gasteiger charge is 2.12. The highest BCUT2D eigenvalue weighted by molar-refractivity contribution is 7.18. The first-order valence-electron chi connectivity index (χ1n) is 7.57. The van der Waals surface area contributed by atoms with E-state index in [0.29, 0.717) is 24.0 Å². The molecule has 0 atom stereocenters. The Labute approximate surface area is 139 Å². The van der Waals surface area contributed by atoms with Gasteiger partial charge in [0, 0.05) is 25.1 Å². The topological polar surface area (TPSA) is 86.2 Å². The van der Waals surface area contributed by atoms with Crippen molar-refractivity contribution in [3.05, 3.63) is 29.3 Å². The number of nitrogens with zero attached hydrogens (tertiary/aromatic N) is 2. The highest BCUT2D eigenvalue weighted by atomic mass is 32.1. The number of methoxy groups -OCH3 is 1. The van der Waals surface area contributed by atoms with Crippen molar-refractivity contribution in [2.24, 2.45) is 0 Å². The van der Waals surface area contributed by atoms with Gasteiger partial charge in [0.25, 0.3) is 0 Å². The Hall–Kier alpha value is -1.96. The van der Waals surface area contributed by atoms with Crippen molar-refractivity contribution in [2.45, 2.75) is 20.4 Å². The van der Waals surface area contributed by atoms with E-state index in [9.17, 15) is 0 Å². The number of rotatable bonds is 6. The molecular weight excluding hydrogens is 312 g/mol. The summed E-state index contributed by atoms with van der Waals surface area (Å²) in [5.74, 6) is 1.62. The number of thiophene rings is 1. The maximum Gasteiger partial charge on any atom is 0.199 e. The molecule has 3 N–H and O–H groups in total. The van der Waals surface area contributed by atoms with Gasteiger partial charge in [-0.05, 0) is 18.2 Å². The lowest BCUT2D eigenvalue weighted by atomic mass is 10.3. The van der Waals surface area contributed by atoms with Crippen LogP contribution in [0, 0.1) is 0 Å². The maximum atomic E-state index is 6.03. The van der Waals surface area contributed by atoms with Crippen molar-refractivity contribution in [2.75, 3.05) is 26.0 Å². The van der Waals surface area contributed by atoms with Gasteiger partial charge >= 0.3 is 0 Å². The molecule has 0 spiro atoms. The maximum absolute atomic E-state index is 6.03. The van der Waals surface area contributed by atoms with E-state index in [1.165, 1.54) is 4.88 Å². The van der Waals surface area contributed by atoms with Crippen molar-refractivity contribution < 1.29 is 9.15 Å². The molecule has 0 amide bonds. The van der Waals surface area contributed by atoms with Gasteiger partial charge in [0.15, 0.2) is 11.6 Å². The third kappa shape index (κ3) is 4.28. The van der Waals surface area contributed by atoms with E-state index in [1.54, 1.807) is 30.8 Å². The van der Waals surface area contributed by atoms with Crippen molar-refractivity contribution in [3.63, 3.8) is 0 Å². The van der Waals surface area contributed by atoms with Crippen molar-refractivity contribution in [1.29, 1.82) is 0 Å². The Morgan fingerprint density at radius 1 is 1.35 bits per heavy atom. The van der Waals surface area contributed by atoms with Crippen LogP contribution < -0.4 is 11.1 Å². The van der Waals surface area contributed by atoms with Crippen LogP contribution in [-0.4, -0.2) is 30.2 Å². The van der Waals surface area contributed by atoms with E-state index in [0.717, 1.165) is 23.3 Å². The lowest BCUT2D eigenvalue weighted by Gasteiger charge is -2.00. The van der Waals surface area contributed by atoms with E-state index in [-0.39, 0.29) is 0 Å². The van der Waals surface area contributed by atoms with Crippen LogP contribution in [0.5, 0.6) is 0 Å². The summed E-state index contributed by atoms with van der Waals surface area (Å²) in [6.45, 7) is 6.26. The molecule has 3 rings (SSSR count). The lowest BCUT2D eigenvalue weighted by molar-refractivity contribution is 0.199. The first-order valence-corrected chi connectivity index (χ1v) is 8.39. The molecule has 7 heteroatoms. The zero-order valence-corrected chi connectivity index (χ0v) is 14.4. The number of nitrogens with one attached hydrogen (secondary N) is 1. The van der Waals surface area contributed by atoms with Crippen LogP contribution in [0.25, 0.3) is 21.8 Å². The second-order valence-electron chi connectivity index (χ2n) is 4.51. The van der Waals surface area contributed by atoms with Crippen LogP contribution in [0.1, 0.15) is 18.7 Å². The third-order valence-corrected chi connectivity index (χ3v) is 4.03. The van der Waals surface area contributed by atoms with Gasteiger partial charge in [0.2, 0.25) is 0 Å². The Morgan fingerprint density at radius 3 is 2.87 bits per heavy atom. The van der Waals surface area contributed by atoms with E-state index >= 15 is 0 Å². The smallest absolute Gasteiger partial charge is 0.199 e. The van der Waals surface area contributed by atoms with E-state index in [1.807, 2.05) is 26.0 Å². The number of fused-ring (bicyclic) bond motifs is 1. The van der Waals surface area contributed by atoms with Crippen molar-refractivity contribution in [3.8, 4) is 11.6 Å². The summed E-state index contributed by atoms with van der Waals surface area (Å²) in [6, 6.07) is 5.65. The fraction of sp³-hybridized carbons (Fsp3) is 0.375. The SMILES string of the molecule is CC.COCCNCc1cc2c(N)nc(-c3ccco3)nc2s1. The molecule has 0 aromatic carbocycles. The van der Waals surface area contributed by atoms with Crippen LogP contribution in [0.2, 0.25) is 0 Å².